The summed E-state index contributed by atoms with van der Waals surface area (Å²) in [6.07, 6.45) is 7.22. The predicted octanol–water partition coefficient (Wildman–Crippen LogP) is 2.32. The molecule has 1 saturated carbocycles. The molecule has 0 amide bonds. The summed E-state index contributed by atoms with van der Waals surface area (Å²) in [6, 6.07) is 0.860. The fourth-order valence-corrected chi connectivity index (χ4v) is 2.86. The van der Waals surface area contributed by atoms with Gasteiger partial charge in [-0.25, -0.2) is 0 Å². The molecule has 11 heavy (non-hydrogen) atoms. The summed E-state index contributed by atoms with van der Waals surface area (Å²) in [5.74, 6) is 0.999. The van der Waals surface area contributed by atoms with Crippen LogP contribution in [0.1, 0.15) is 46.0 Å². The monoisotopic (exact) mass is 153 g/mol. The van der Waals surface area contributed by atoms with Crippen LogP contribution in [0.4, 0.5) is 0 Å². The lowest BCUT2D eigenvalue weighted by Crippen LogP contribution is -2.38. The molecule has 1 heteroatoms. The zero-order valence-electron chi connectivity index (χ0n) is 7.69. The van der Waals surface area contributed by atoms with Crippen molar-refractivity contribution < 1.29 is 0 Å². The molecule has 2 aliphatic rings. The Bertz CT molecular complexity index is 135. The predicted molar refractivity (Wildman–Crippen MR) is 47.6 cm³/mol. The molecule has 2 atom stereocenters. The highest BCUT2D eigenvalue weighted by molar-refractivity contribution is 4.97. The average Bonchev–Trinajstić information content (AvgIpc) is 2.21. The number of fused-ring (bicyclic) bond motifs is 1. The van der Waals surface area contributed by atoms with Crippen molar-refractivity contribution in [2.24, 2.45) is 5.92 Å². The molecule has 64 valence electrons. The van der Waals surface area contributed by atoms with Crippen LogP contribution in [-0.2, 0) is 0 Å². The van der Waals surface area contributed by atoms with E-state index in [1.165, 1.54) is 32.1 Å². The van der Waals surface area contributed by atoms with Crippen LogP contribution in [0.15, 0.2) is 0 Å². The van der Waals surface area contributed by atoms with Crippen molar-refractivity contribution in [1.82, 2.24) is 5.32 Å². The highest BCUT2D eigenvalue weighted by atomic mass is 15.0. The lowest BCUT2D eigenvalue weighted by Gasteiger charge is -2.24. The molecule has 2 unspecified atom stereocenters. The van der Waals surface area contributed by atoms with Gasteiger partial charge >= 0.3 is 0 Å². The average molecular weight is 153 g/mol. The van der Waals surface area contributed by atoms with Crippen LogP contribution in [0.2, 0.25) is 0 Å². The quantitative estimate of drug-likeness (QED) is 0.563. The van der Waals surface area contributed by atoms with Crippen molar-refractivity contribution in [3.05, 3.63) is 0 Å². The summed E-state index contributed by atoms with van der Waals surface area (Å²) < 4.78 is 0. The smallest absolute Gasteiger partial charge is 0.0131 e. The van der Waals surface area contributed by atoms with E-state index in [0.29, 0.717) is 5.54 Å². The van der Waals surface area contributed by atoms with Crippen LogP contribution in [0.3, 0.4) is 0 Å². The van der Waals surface area contributed by atoms with Gasteiger partial charge in [-0.1, -0.05) is 12.8 Å². The first-order valence-corrected chi connectivity index (χ1v) is 4.95. The molecule has 2 fully saturated rings. The van der Waals surface area contributed by atoms with Crippen molar-refractivity contribution in [2.45, 2.75) is 57.5 Å². The molecular weight excluding hydrogens is 134 g/mol. The third kappa shape index (κ3) is 1.44. The first-order chi connectivity index (χ1) is 5.17. The Balaban J connectivity index is 2.03. The maximum atomic E-state index is 3.73. The normalized spacial score (nSPS) is 42.0. The Morgan fingerprint density at radius 3 is 2.64 bits per heavy atom. The third-order valence-corrected chi connectivity index (χ3v) is 3.26. The van der Waals surface area contributed by atoms with E-state index in [-0.39, 0.29) is 0 Å². The van der Waals surface area contributed by atoms with E-state index in [4.69, 9.17) is 0 Å². The highest BCUT2D eigenvalue weighted by Crippen LogP contribution is 2.37. The second-order valence-corrected chi connectivity index (χ2v) is 4.88. The Kier molecular flexibility index (Phi) is 1.71. The van der Waals surface area contributed by atoms with Gasteiger partial charge in [-0.05, 0) is 39.0 Å². The Labute approximate surface area is 69.6 Å². The molecule has 2 rings (SSSR count). The van der Waals surface area contributed by atoms with Gasteiger partial charge in [0.2, 0.25) is 0 Å². The zero-order valence-corrected chi connectivity index (χ0v) is 7.69. The van der Waals surface area contributed by atoms with Crippen LogP contribution in [0.25, 0.3) is 0 Å². The molecule has 0 spiro atoms. The summed E-state index contributed by atoms with van der Waals surface area (Å²) in [7, 11) is 0. The van der Waals surface area contributed by atoms with Crippen LogP contribution < -0.4 is 5.32 Å². The Hall–Kier alpha value is -0.0400. The summed E-state index contributed by atoms with van der Waals surface area (Å²) in [4.78, 5) is 0. The first-order valence-electron chi connectivity index (χ1n) is 4.95. The molecular formula is C10H19N. The molecule has 1 nitrogen and oxygen atoms in total. The lowest BCUT2D eigenvalue weighted by molar-refractivity contribution is 0.325. The second-order valence-electron chi connectivity index (χ2n) is 4.88. The minimum atomic E-state index is 0.430. The molecule has 1 aliphatic heterocycles. The molecule has 1 aliphatic carbocycles. The summed E-state index contributed by atoms with van der Waals surface area (Å²) in [5, 5.41) is 3.73. The summed E-state index contributed by atoms with van der Waals surface area (Å²) >= 11 is 0. The van der Waals surface area contributed by atoms with Crippen molar-refractivity contribution in [3.63, 3.8) is 0 Å². The van der Waals surface area contributed by atoms with E-state index in [1.807, 2.05) is 0 Å². The third-order valence-electron chi connectivity index (χ3n) is 3.26. The van der Waals surface area contributed by atoms with Gasteiger partial charge in [-0.15, -0.1) is 0 Å². The highest BCUT2D eigenvalue weighted by Gasteiger charge is 2.38. The maximum Gasteiger partial charge on any atom is 0.0131 e. The minimum Gasteiger partial charge on any atom is -0.309 e. The molecule has 0 aromatic carbocycles. The standard InChI is InChI=1S/C10H19N/c1-10(2)7-8-5-3-4-6-9(8)11-10/h8-9,11H,3-7H2,1-2H3. The molecule has 0 radical (unpaired) electrons. The first kappa shape index (κ1) is 7.60. The van der Waals surface area contributed by atoms with E-state index >= 15 is 0 Å². The number of hydrogen-bond acceptors (Lipinski definition) is 1. The minimum absolute atomic E-state index is 0.430. The number of rotatable bonds is 0. The van der Waals surface area contributed by atoms with Crippen LogP contribution in [-0.4, -0.2) is 11.6 Å². The van der Waals surface area contributed by atoms with Crippen LogP contribution >= 0.6 is 0 Å². The molecule has 1 N–H and O–H groups in total. The van der Waals surface area contributed by atoms with Crippen LogP contribution in [0, 0.1) is 5.92 Å². The maximum absolute atomic E-state index is 3.73. The van der Waals surface area contributed by atoms with Crippen LogP contribution in [0.5, 0.6) is 0 Å². The van der Waals surface area contributed by atoms with Gasteiger partial charge in [-0.3, -0.25) is 0 Å². The van der Waals surface area contributed by atoms with Gasteiger partial charge < -0.3 is 5.32 Å². The van der Waals surface area contributed by atoms with Crippen molar-refractivity contribution in [1.29, 1.82) is 0 Å². The van der Waals surface area contributed by atoms with Gasteiger partial charge in [0.05, 0.1) is 0 Å². The van der Waals surface area contributed by atoms with E-state index in [2.05, 4.69) is 19.2 Å². The van der Waals surface area contributed by atoms with Crippen molar-refractivity contribution in [2.75, 3.05) is 0 Å². The van der Waals surface area contributed by atoms with E-state index in [1.54, 1.807) is 0 Å². The molecule has 1 heterocycles. The molecule has 0 bridgehead atoms. The largest absolute Gasteiger partial charge is 0.309 e. The Morgan fingerprint density at radius 2 is 1.91 bits per heavy atom. The molecule has 0 aromatic heterocycles. The van der Waals surface area contributed by atoms with E-state index < -0.39 is 0 Å². The number of nitrogens with one attached hydrogen (secondary N) is 1. The van der Waals surface area contributed by atoms with Gasteiger partial charge in [0.15, 0.2) is 0 Å². The fourth-order valence-electron chi connectivity index (χ4n) is 2.86. The van der Waals surface area contributed by atoms with E-state index in [9.17, 15) is 0 Å². The molecule has 1 saturated heterocycles. The SMILES string of the molecule is CC1(C)CC2CCCCC2N1. The topological polar surface area (TPSA) is 12.0 Å². The molecule has 0 aromatic rings. The fraction of sp³-hybridized carbons (Fsp3) is 1.00. The van der Waals surface area contributed by atoms with Gasteiger partial charge in [0, 0.05) is 11.6 Å². The van der Waals surface area contributed by atoms with Crippen molar-refractivity contribution >= 4 is 0 Å². The van der Waals surface area contributed by atoms with Crippen molar-refractivity contribution in [3.8, 4) is 0 Å². The second kappa shape index (κ2) is 2.48. The van der Waals surface area contributed by atoms with Gasteiger partial charge in [-0.2, -0.15) is 0 Å². The lowest BCUT2D eigenvalue weighted by atomic mass is 9.83. The summed E-state index contributed by atoms with van der Waals surface area (Å²) in [5.41, 5.74) is 0.430. The van der Waals surface area contributed by atoms with Gasteiger partial charge in [0.1, 0.15) is 0 Å². The van der Waals surface area contributed by atoms with Gasteiger partial charge in [0.25, 0.3) is 0 Å². The number of hydrogen-bond donors (Lipinski definition) is 1. The Morgan fingerprint density at radius 1 is 1.18 bits per heavy atom. The zero-order chi connectivity index (χ0) is 7.90. The summed E-state index contributed by atoms with van der Waals surface area (Å²) in [6.45, 7) is 4.68. The van der Waals surface area contributed by atoms with E-state index in [0.717, 1.165) is 12.0 Å².